The normalized spacial score (nSPS) is 10.7. The molecule has 0 aliphatic heterocycles. The molecule has 3 aromatic carbocycles. The highest BCUT2D eigenvalue weighted by atomic mass is 16.5. The summed E-state index contributed by atoms with van der Waals surface area (Å²) in [6, 6.07) is 22.9. The van der Waals surface area contributed by atoms with E-state index in [1.807, 2.05) is 54.6 Å². The molecular weight excluding hydrogens is 378 g/mol. The molecule has 0 spiro atoms. The predicted octanol–water partition coefficient (Wildman–Crippen LogP) is 4.03. The number of imidazole rings is 1. The summed E-state index contributed by atoms with van der Waals surface area (Å²) in [7, 11) is 3.25. The van der Waals surface area contributed by atoms with Gasteiger partial charge in [-0.2, -0.15) is 0 Å². The van der Waals surface area contributed by atoms with E-state index in [1.165, 1.54) is 0 Å². The molecule has 0 atom stereocenters. The Kier molecular flexibility index (Phi) is 5.66. The number of benzene rings is 3. The number of fused-ring (bicyclic) bond motifs is 1. The van der Waals surface area contributed by atoms with Crippen molar-refractivity contribution in [1.82, 2.24) is 14.9 Å². The lowest BCUT2D eigenvalue weighted by Crippen LogP contribution is -2.25. The van der Waals surface area contributed by atoms with Crippen LogP contribution in [-0.2, 0) is 13.1 Å². The number of para-hydroxylation sites is 3. The SMILES string of the molecule is COc1cccc(C(=O)NCc2nc3ccccc3n2Cc2ccccc2OC)c1. The number of hydrogen-bond acceptors (Lipinski definition) is 4. The van der Waals surface area contributed by atoms with E-state index in [0.717, 1.165) is 28.2 Å². The lowest BCUT2D eigenvalue weighted by atomic mass is 10.2. The zero-order chi connectivity index (χ0) is 20.9. The van der Waals surface area contributed by atoms with Crippen molar-refractivity contribution in [1.29, 1.82) is 0 Å². The molecular formula is C24H23N3O3. The van der Waals surface area contributed by atoms with Gasteiger partial charge in [0.2, 0.25) is 0 Å². The van der Waals surface area contributed by atoms with E-state index in [1.54, 1.807) is 32.4 Å². The zero-order valence-corrected chi connectivity index (χ0v) is 17.0. The fraction of sp³-hybridized carbons (Fsp3) is 0.167. The third-order valence-corrected chi connectivity index (χ3v) is 4.99. The van der Waals surface area contributed by atoms with Gasteiger partial charge in [-0.3, -0.25) is 4.79 Å². The Morgan fingerprint density at radius 1 is 0.967 bits per heavy atom. The summed E-state index contributed by atoms with van der Waals surface area (Å²) < 4.78 is 12.8. The highest BCUT2D eigenvalue weighted by Crippen LogP contribution is 2.23. The number of nitrogens with zero attached hydrogens (tertiary/aromatic N) is 2. The molecule has 1 amide bonds. The van der Waals surface area contributed by atoms with E-state index in [4.69, 9.17) is 14.5 Å². The summed E-state index contributed by atoms with van der Waals surface area (Å²) in [4.78, 5) is 17.4. The second kappa shape index (κ2) is 8.69. The van der Waals surface area contributed by atoms with Crippen molar-refractivity contribution in [3.63, 3.8) is 0 Å². The highest BCUT2D eigenvalue weighted by Gasteiger charge is 2.14. The van der Waals surface area contributed by atoms with E-state index >= 15 is 0 Å². The van der Waals surface area contributed by atoms with Crippen molar-refractivity contribution >= 4 is 16.9 Å². The minimum absolute atomic E-state index is 0.176. The largest absolute Gasteiger partial charge is 0.497 e. The molecule has 4 rings (SSSR count). The van der Waals surface area contributed by atoms with Gasteiger partial charge in [0.15, 0.2) is 0 Å². The van der Waals surface area contributed by atoms with E-state index in [2.05, 4.69) is 9.88 Å². The van der Waals surface area contributed by atoms with Crippen LogP contribution in [-0.4, -0.2) is 29.7 Å². The Labute approximate surface area is 175 Å². The van der Waals surface area contributed by atoms with Crippen molar-refractivity contribution in [2.75, 3.05) is 14.2 Å². The molecule has 1 heterocycles. The van der Waals surface area contributed by atoms with Crippen LogP contribution < -0.4 is 14.8 Å². The van der Waals surface area contributed by atoms with Gasteiger partial charge in [0, 0.05) is 11.1 Å². The van der Waals surface area contributed by atoms with Crippen LogP contribution in [0.1, 0.15) is 21.7 Å². The molecule has 152 valence electrons. The summed E-state index contributed by atoms with van der Waals surface area (Å²) in [5.74, 6) is 2.07. The summed E-state index contributed by atoms with van der Waals surface area (Å²) in [6.45, 7) is 0.898. The maximum Gasteiger partial charge on any atom is 0.251 e. The second-order valence-corrected chi connectivity index (χ2v) is 6.83. The van der Waals surface area contributed by atoms with Gasteiger partial charge in [-0.25, -0.2) is 4.98 Å². The Morgan fingerprint density at radius 2 is 1.77 bits per heavy atom. The average Bonchev–Trinajstić information content (AvgIpc) is 3.15. The van der Waals surface area contributed by atoms with Gasteiger partial charge >= 0.3 is 0 Å². The molecule has 0 aliphatic rings. The number of methoxy groups -OCH3 is 2. The van der Waals surface area contributed by atoms with Gasteiger partial charge in [0.25, 0.3) is 5.91 Å². The first-order valence-corrected chi connectivity index (χ1v) is 9.68. The molecule has 0 aliphatic carbocycles. The summed E-state index contributed by atoms with van der Waals surface area (Å²) in [6.07, 6.45) is 0. The van der Waals surface area contributed by atoms with Gasteiger partial charge in [-0.1, -0.05) is 36.4 Å². The van der Waals surface area contributed by atoms with Crippen LogP contribution in [0.15, 0.2) is 72.8 Å². The molecule has 0 saturated heterocycles. The Bertz CT molecular complexity index is 1180. The summed E-state index contributed by atoms with van der Waals surface area (Å²) in [5, 5.41) is 2.97. The van der Waals surface area contributed by atoms with Gasteiger partial charge in [-0.15, -0.1) is 0 Å². The third kappa shape index (κ3) is 3.98. The molecule has 0 bridgehead atoms. The topological polar surface area (TPSA) is 65.4 Å². The molecule has 6 heteroatoms. The molecule has 0 saturated carbocycles. The minimum atomic E-state index is -0.176. The van der Waals surface area contributed by atoms with Gasteiger partial charge in [-0.05, 0) is 36.4 Å². The van der Waals surface area contributed by atoms with Crippen LogP contribution in [0.3, 0.4) is 0 Å². The fourth-order valence-electron chi connectivity index (χ4n) is 3.47. The standard InChI is InChI=1S/C24H23N3O3/c1-29-19-10-7-9-17(14-19)24(28)25-15-23-26-20-11-4-5-12-21(20)27(23)16-18-8-3-6-13-22(18)30-2/h3-14H,15-16H2,1-2H3,(H,25,28). The number of aromatic nitrogens is 2. The molecule has 1 aromatic heterocycles. The molecule has 1 N–H and O–H groups in total. The van der Waals surface area contributed by atoms with Crippen molar-refractivity contribution in [3.8, 4) is 11.5 Å². The Balaban J connectivity index is 1.62. The molecule has 0 radical (unpaired) electrons. The van der Waals surface area contributed by atoms with Crippen molar-refractivity contribution in [2.45, 2.75) is 13.1 Å². The van der Waals surface area contributed by atoms with Gasteiger partial charge < -0.3 is 19.4 Å². The van der Waals surface area contributed by atoms with Gasteiger partial charge in [0.05, 0.1) is 38.3 Å². The number of rotatable bonds is 7. The van der Waals surface area contributed by atoms with Crippen LogP contribution in [0.5, 0.6) is 11.5 Å². The molecule has 6 nitrogen and oxygen atoms in total. The van der Waals surface area contributed by atoms with E-state index in [9.17, 15) is 4.79 Å². The number of hydrogen-bond donors (Lipinski definition) is 1. The number of carbonyl (C=O) groups is 1. The van der Waals surface area contributed by atoms with Crippen LogP contribution >= 0.6 is 0 Å². The second-order valence-electron chi connectivity index (χ2n) is 6.83. The Hall–Kier alpha value is -3.80. The zero-order valence-electron chi connectivity index (χ0n) is 17.0. The quantitative estimate of drug-likeness (QED) is 0.508. The maximum absolute atomic E-state index is 12.6. The van der Waals surface area contributed by atoms with E-state index in [0.29, 0.717) is 24.4 Å². The molecule has 30 heavy (non-hydrogen) atoms. The number of ether oxygens (including phenoxy) is 2. The fourth-order valence-corrected chi connectivity index (χ4v) is 3.47. The van der Waals surface area contributed by atoms with Crippen molar-refractivity contribution < 1.29 is 14.3 Å². The monoisotopic (exact) mass is 401 g/mol. The van der Waals surface area contributed by atoms with Crippen LogP contribution in [0.2, 0.25) is 0 Å². The van der Waals surface area contributed by atoms with Gasteiger partial charge in [0.1, 0.15) is 17.3 Å². The predicted molar refractivity (Wildman–Crippen MR) is 116 cm³/mol. The lowest BCUT2D eigenvalue weighted by molar-refractivity contribution is 0.0949. The number of nitrogens with one attached hydrogen (secondary N) is 1. The van der Waals surface area contributed by atoms with Crippen LogP contribution in [0, 0.1) is 0 Å². The van der Waals surface area contributed by atoms with E-state index < -0.39 is 0 Å². The number of amides is 1. The first-order chi connectivity index (χ1) is 14.7. The van der Waals surface area contributed by atoms with Crippen LogP contribution in [0.25, 0.3) is 11.0 Å². The maximum atomic E-state index is 12.6. The first-order valence-electron chi connectivity index (χ1n) is 9.68. The molecule has 0 unspecified atom stereocenters. The smallest absolute Gasteiger partial charge is 0.251 e. The average molecular weight is 401 g/mol. The highest BCUT2D eigenvalue weighted by molar-refractivity contribution is 5.94. The Morgan fingerprint density at radius 3 is 2.60 bits per heavy atom. The number of carbonyl (C=O) groups excluding carboxylic acids is 1. The molecule has 0 fully saturated rings. The van der Waals surface area contributed by atoms with Crippen molar-refractivity contribution in [3.05, 3.63) is 89.7 Å². The first kappa shape index (κ1) is 19.5. The van der Waals surface area contributed by atoms with Crippen molar-refractivity contribution in [2.24, 2.45) is 0 Å². The minimum Gasteiger partial charge on any atom is -0.497 e. The lowest BCUT2D eigenvalue weighted by Gasteiger charge is -2.13. The third-order valence-electron chi connectivity index (χ3n) is 4.99. The molecule has 4 aromatic rings. The van der Waals surface area contributed by atoms with E-state index in [-0.39, 0.29) is 5.91 Å². The summed E-state index contributed by atoms with van der Waals surface area (Å²) >= 11 is 0. The summed E-state index contributed by atoms with van der Waals surface area (Å²) in [5.41, 5.74) is 3.48. The van der Waals surface area contributed by atoms with Crippen LogP contribution in [0.4, 0.5) is 0 Å².